The number of nitrogens with one attached hydrogen (secondary N) is 1. The van der Waals surface area contributed by atoms with Gasteiger partial charge in [-0.2, -0.15) is 5.10 Å². The predicted molar refractivity (Wildman–Crippen MR) is 66.0 cm³/mol. The molecule has 0 aliphatic carbocycles. The number of nitrogens with zero attached hydrogens (tertiary/aromatic N) is 1. The van der Waals surface area contributed by atoms with Crippen LogP contribution in [0, 0.1) is 0 Å². The van der Waals surface area contributed by atoms with Crippen molar-refractivity contribution in [1.82, 2.24) is 10.2 Å². The van der Waals surface area contributed by atoms with Gasteiger partial charge in [0.05, 0.1) is 11.2 Å². The van der Waals surface area contributed by atoms with Crippen molar-refractivity contribution < 1.29 is 4.74 Å². The highest BCUT2D eigenvalue weighted by molar-refractivity contribution is 6.32. The van der Waals surface area contributed by atoms with Gasteiger partial charge in [0.25, 0.3) is 0 Å². The number of rotatable bonds is 3. The summed E-state index contributed by atoms with van der Waals surface area (Å²) >= 11 is 5.94. The number of halogens is 2. The van der Waals surface area contributed by atoms with Gasteiger partial charge in [-0.3, -0.25) is 5.10 Å². The molecule has 1 heterocycles. The van der Waals surface area contributed by atoms with Crippen molar-refractivity contribution in [3.63, 3.8) is 0 Å². The van der Waals surface area contributed by atoms with E-state index in [4.69, 9.17) is 22.1 Å². The summed E-state index contributed by atoms with van der Waals surface area (Å²) in [5, 5.41) is 7.03. The lowest BCUT2D eigenvalue weighted by Gasteiger charge is -2.06. The van der Waals surface area contributed by atoms with Crippen LogP contribution in [0.25, 0.3) is 0 Å². The average molecular weight is 260 g/mol. The first-order chi connectivity index (χ1) is 7.25. The van der Waals surface area contributed by atoms with Crippen molar-refractivity contribution in [2.45, 2.75) is 6.61 Å². The zero-order valence-corrected chi connectivity index (χ0v) is 9.89. The minimum atomic E-state index is 0. The van der Waals surface area contributed by atoms with E-state index in [1.807, 2.05) is 0 Å². The van der Waals surface area contributed by atoms with Gasteiger partial charge in [-0.25, -0.2) is 0 Å². The van der Waals surface area contributed by atoms with Crippen LogP contribution < -0.4 is 10.5 Å². The third kappa shape index (κ3) is 3.05. The van der Waals surface area contributed by atoms with Crippen molar-refractivity contribution in [2.75, 3.05) is 5.73 Å². The number of H-pyrrole nitrogens is 1. The summed E-state index contributed by atoms with van der Waals surface area (Å²) in [6.45, 7) is 0.431. The predicted octanol–water partition coefficient (Wildman–Crippen LogP) is 2.65. The normalized spacial score (nSPS) is 9.56. The number of nitrogen functional groups attached to an aromatic ring is 1. The van der Waals surface area contributed by atoms with Crippen LogP contribution in [0.5, 0.6) is 5.75 Å². The molecule has 0 unspecified atom stereocenters. The summed E-state index contributed by atoms with van der Waals surface area (Å²) in [5.74, 6) is 0.618. The topological polar surface area (TPSA) is 63.9 Å². The average Bonchev–Trinajstić information content (AvgIpc) is 2.69. The lowest BCUT2D eigenvalue weighted by Crippen LogP contribution is -1.95. The monoisotopic (exact) mass is 259 g/mol. The zero-order chi connectivity index (χ0) is 10.7. The summed E-state index contributed by atoms with van der Waals surface area (Å²) in [4.78, 5) is 0. The molecule has 0 bridgehead atoms. The molecule has 0 aliphatic rings. The highest BCUT2D eigenvalue weighted by atomic mass is 35.5. The molecule has 6 heteroatoms. The molecule has 16 heavy (non-hydrogen) atoms. The van der Waals surface area contributed by atoms with Crippen LogP contribution >= 0.6 is 24.0 Å². The van der Waals surface area contributed by atoms with Crippen LogP contribution in [0.4, 0.5) is 5.69 Å². The van der Waals surface area contributed by atoms with Crippen molar-refractivity contribution in [3.05, 3.63) is 41.2 Å². The highest BCUT2D eigenvalue weighted by Gasteiger charge is 2.02. The molecule has 0 atom stereocenters. The van der Waals surface area contributed by atoms with E-state index >= 15 is 0 Å². The van der Waals surface area contributed by atoms with Crippen molar-refractivity contribution >= 4 is 29.7 Å². The van der Waals surface area contributed by atoms with E-state index in [1.54, 1.807) is 30.6 Å². The number of hydrogen-bond donors (Lipinski definition) is 2. The maximum absolute atomic E-state index is 5.94. The third-order valence-electron chi connectivity index (χ3n) is 1.91. The third-order valence-corrected chi connectivity index (χ3v) is 2.20. The molecule has 0 radical (unpaired) electrons. The molecule has 1 aromatic heterocycles. The molecule has 4 nitrogen and oxygen atoms in total. The van der Waals surface area contributed by atoms with E-state index in [0.29, 0.717) is 23.1 Å². The van der Waals surface area contributed by atoms with E-state index in [2.05, 4.69) is 10.2 Å². The Kier molecular flexibility index (Phi) is 4.46. The largest absolute Gasteiger partial charge is 0.487 e. The van der Waals surface area contributed by atoms with Gasteiger partial charge >= 0.3 is 0 Å². The SMILES string of the molecule is Cl.Nc1ccc(OCc2cn[nH]c2)c(Cl)c1. The van der Waals surface area contributed by atoms with E-state index in [0.717, 1.165) is 5.56 Å². The molecule has 3 N–H and O–H groups in total. The Morgan fingerprint density at radius 2 is 2.25 bits per heavy atom. The van der Waals surface area contributed by atoms with E-state index in [-0.39, 0.29) is 12.4 Å². The van der Waals surface area contributed by atoms with Crippen molar-refractivity contribution in [1.29, 1.82) is 0 Å². The Hall–Kier alpha value is -1.39. The van der Waals surface area contributed by atoms with Crippen molar-refractivity contribution in [3.8, 4) is 5.75 Å². The fourth-order valence-corrected chi connectivity index (χ4v) is 1.40. The Labute approximate surface area is 104 Å². The van der Waals surface area contributed by atoms with Crippen LogP contribution in [-0.2, 0) is 6.61 Å². The number of aromatic amines is 1. The number of anilines is 1. The second kappa shape index (κ2) is 5.63. The minimum Gasteiger partial charge on any atom is -0.487 e. The molecule has 0 spiro atoms. The fraction of sp³-hybridized carbons (Fsp3) is 0.100. The summed E-state index contributed by atoms with van der Waals surface area (Å²) < 4.78 is 5.49. The van der Waals surface area contributed by atoms with Gasteiger partial charge < -0.3 is 10.5 Å². The smallest absolute Gasteiger partial charge is 0.138 e. The maximum Gasteiger partial charge on any atom is 0.138 e. The molecular weight excluding hydrogens is 249 g/mol. The number of nitrogens with two attached hydrogens (primary N) is 1. The highest BCUT2D eigenvalue weighted by Crippen LogP contribution is 2.26. The zero-order valence-electron chi connectivity index (χ0n) is 8.31. The molecule has 0 saturated carbocycles. The van der Waals surface area contributed by atoms with Crippen molar-refractivity contribution in [2.24, 2.45) is 0 Å². The maximum atomic E-state index is 5.94. The lowest BCUT2D eigenvalue weighted by molar-refractivity contribution is 0.306. The van der Waals surface area contributed by atoms with Crippen LogP contribution in [0.15, 0.2) is 30.6 Å². The van der Waals surface area contributed by atoms with Crippen LogP contribution in [-0.4, -0.2) is 10.2 Å². The Morgan fingerprint density at radius 1 is 1.44 bits per heavy atom. The lowest BCUT2D eigenvalue weighted by atomic mass is 10.3. The fourth-order valence-electron chi connectivity index (χ4n) is 1.15. The minimum absolute atomic E-state index is 0. The van der Waals surface area contributed by atoms with Crippen LogP contribution in [0.3, 0.4) is 0 Å². The van der Waals surface area contributed by atoms with Gasteiger partial charge in [0.1, 0.15) is 12.4 Å². The summed E-state index contributed by atoms with van der Waals surface area (Å²) in [5.41, 5.74) is 7.15. The van der Waals surface area contributed by atoms with Gasteiger partial charge in [-0.15, -0.1) is 12.4 Å². The molecule has 0 amide bonds. The number of ether oxygens (including phenoxy) is 1. The first kappa shape index (κ1) is 12.7. The van der Waals surface area contributed by atoms with Gasteiger partial charge in [0, 0.05) is 17.4 Å². The van der Waals surface area contributed by atoms with Gasteiger partial charge in [0.15, 0.2) is 0 Å². The van der Waals surface area contributed by atoms with Crippen LogP contribution in [0.1, 0.15) is 5.56 Å². The quantitative estimate of drug-likeness (QED) is 0.834. The van der Waals surface area contributed by atoms with Crippen LogP contribution in [0.2, 0.25) is 5.02 Å². The Morgan fingerprint density at radius 3 is 2.88 bits per heavy atom. The first-order valence-corrected chi connectivity index (χ1v) is 4.79. The number of aromatic nitrogens is 2. The second-order valence-corrected chi connectivity index (χ2v) is 3.49. The standard InChI is InChI=1S/C10H10ClN3O.ClH/c11-9-3-8(12)1-2-10(9)15-6-7-4-13-14-5-7;/h1-5H,6,12H2,(H,13,14);1H. The molecule has 1 aromatic carbocycles. The first-order valence-electron chi connectivity index (χ1n) is 4.41. The molecule has 86 valence electrons. The second-order valence-electron chi connectivity index (χ2n) is 3.09. The van der Waals surface area contributed by atoms with E-state index in [1.165, 1.54) is 0 Å². The summed E-state index contributed by atoms with van der Waals surface area (Å²) in [6.07, 6.45) is 3.47. The van der Waals surface area contributed by atoms with E-state index < -0.39 is 0 Å². The van der Waals surface area contributed by atoms with Gasteiger partial charge in [-0.05, 0) is 18.2 Å². The number of hydrogen-bond acceptors (Lipinski definition) is 3. The van der Waals surface area contributed by atoms with Gasteiger partial charge in [-0.1, -0.05) is 11.6 Å². The molecule has 0 saturated heterocycles. The molecular formula is C10H11Cl2N3O. The Bertz CT molecular complexity index is 445. The molecule has 0 fully saturated rings. The van der Waals surface area contributed by atoms with Gasteiger partial charge in [0.2, 0.25) is 0 Å². The molecule has 2 rings (SSSR count). The summed E-state index contributed by atoms with van der Waals surface area (Å²) in [7, 11) is 0. The summed E-state index contributed by atoms with van der Waals surface area (Å²) in [6, 6.07) is 5.15. The number of benzene rings is 1. The molecule has 0 aliphatic heterocycles. The Balaban J connectivity index is 0.00000128. The van der Waals surface area contributed by atoms with E-state index in [9.17, 15) is 0 Å². The molecule has 2 aromatic rings.